The molecule has 0 fully saturated rings. The Bertz CT molecular complexity index is 398. The highest BCUT2D eigenvalue weighted by atomic mass is 32.2. The number of hydrogen-bond acceptors (Lipinski definition) is 3. The van der Waals surface area contributed by atoms with Crippen molar-refractivity contribution in [1.82, 2.24) is 4.98 Å². The van der Waals surface area contributed by atoms with Crippen molar-refractivity contribution in [3.63, 3.8) is 0 Å². The van der Waals surface area contributed by atoms with Gasteiger partial charge in [-0.1, -0.05) is 19.9 Å². The molecule has 2 N–H and O–H groups in total. The number of sulfonamides is 1. The monoisotopic (exact) mass is 200 g/mol. The Kier molecular flexibility index (Phi) is 2.68. The Labute approximate surface area is 77.8 Å². The van der Waals surface area contributed by atoms with Gasteiger partial charge in [0.1, 0.15) is 0 Å². The van der Waals surface area contributed by atoms with E-state index in [0.29, 0.717) is 0 Å². The van der Waals surface area contributed by atoms with Crippen molar-refractivity contribution < 1.29 is 8.42 Å². The molecule has 0 aliphatic rings. The van der Waals surface area contributed by atoms with E-state index in [1.165, 1.54) is 6.07 Å². The minimum absolute atomic E-state index is 0.0706. The fourth-order valence-corrected chi connectivity index (χ4v) is 1.41. The first-order chi connectivity index (χ1) is 5.91. The molecule has 0 aromatic carbocycles. The standard InChI is InChI=1S/C8H12N2O2S/c1-6(2)7-4-3-5-8(10-7)13(9,11)12/h3-6H,1-2H3,(H2,9,11,12). The highest BCUT2D eigenvalue weighted by Crippen LogP contribution is 2.12. The molecule has 0 radical (unpaired) electrons. The van der Waals surface area contributed by atoms with Crippen LogP contribution in [0.25, 0.3) is 0 Å². The molecular formula is C8H12N2O2S. The van der Waals surface area contributed by atoms with Gasteiger partial charge in [-0.2, -0.15) is 0 Å². The Morgan fingerprint density at radius 2 is 2.00 bits per heavy atom. The van der Waals surface area contributed by atoms with Crippen LogP contribution in [0.5, 0.6) is 0 Å². The maximum absolute atomic E-state index is 10.9. The maximum Gasteiger partial charge on any atom is 0.255 e. The van der Waals surface area contributed by atoms with Crippen LogP contribution in [0, 0.1) is 0 Å². The third kappa shape index (κ3) is 2.50. The van der Waals surface area contributed by atoms with Crippen LogP contribution >= 0.6 is 0 Å². The average Bonchev–Trinajstić information content (AvgIpc) is 2.03. The molecule has 72 valence electrons. The average molecular weight is 200 g/mol. The SMILES string of the molecule is CC(C)c1cccc(S(N)(=O)=O)n1. The molecule has 0 bridgehead atoms. The largest absolute Gasteiger partial charge is 0.255 e. The van der Waals surface area contributed by atoms with Crippen molar-refractivity contribution in [3.05, 3.63) is 23.9 Å². The molecule has 0 atom stereocenters. The number of hydrogen-bond donors (Lipinski definition) is 1. The number of rotatable bonds is 2. The molecular weight excluding hydrogens is 188 g/mol. The Balaban J connectivity index is 3.21. The summed E-state index contributed by atoms with van der Waals surface area (Å²) in [5.74, 6) is 0.196. The minimum atomic E-state index is -3.67. The summed E-state index contributed by atoms with van der Waals surface area (Å²) in [7, 11) is -3.67. The third-order valence-electron chi connectivity index (χ3n) is 1.63. The Morgan fingerprint density at radius 1 is 1.38 bits per heavy atom. The van der Waals surface area contributed by atoms with Gasteiger partial charge in [-0.15, -0.1) is 0 Å². The first-order valence-corrected chi connectivity index (χ1v) is 5.45. The second-order valence-corrected chi connectivity index (χ2v) is 4.61. The molecule has 0 saturated carbocycles. The van der Waals surface area contributed by atoms with Crippen LogP contribution < -0.4 is 5.14 Å². The van der Waals surface area contributed by atoms with Crippen molar-refractivity contribution in [2.45, 2.75) is 24.8 Å². The van der Waals surface area contributed by atoms with Gasteiger partial charge in [0.05, 0.1) is 0 Å². The van der Waals surface area contributed by atoms with Gasteiger partial charge < -0.3 is 0 Å². The van der Waals surface area contributed by atoms with E-state index in [1.54, 1.807) is 12.1 Å². The van der Waals surface area contributed by atoms with E-state index >= 15 is 0 Å². The summed E-state index contributed by atoms with van der Waals surface area (Å²) < 4.78 is 21.8. The summed E-state index contributed by atoms with van der Waals surface area (Å²) in [6, 6.07) is 4.81. The zero-order valence-corrected chi connectivity index (χ0v) is 8.38. The molecule has 0 aliphatic carbocycles. The number of primary sulfonamides is 1. The van der Waals surface area contributed by atoms with Crippen LogP contribution in [0.1, 0.15) is 25.5 Å². The van der Waals surface area contributed by atoms with Gasteiger partial charge in [0.15, 0.2) is 5.03 Å². The fourth-order valence-electron chi connectivity index (χ4n) is 0.911. The van der Waals surface area contributed by atoms with E-state index in [9.17, 15) is 8.42 Å². The van der Waals surface area contributed by atoms with E-state index < -0.39 is 10.0 Å². The van der Waals surface area contributed by atoms with Crippen molar-refractivity contribution in [2.24, 2.45) is 5.14 Å². The van der Waals surface area contributed by atoms with Gasteiger partial charge in [0, 0.05) is 5.69 Å². The number of pyridine rings is 1. The lowest BCUT2D eigenvalue weighted by Gasteiger charge is -2.04. The highest BCUT2D eigenvalue weighted by Gasteiger charge is 2.10. The Morgan fingerprint density at radius 3 is 2.46 bits per heavy atom. The first kappa shape index (κ1) is 10.1. The summed E-state index contributed by atoms with van der Waals surface area (Å²) in [5, 5.41) is 4.86. The molecule has 0 amide bonds. The molecule has 1 aromatic heterocycles. The lowest BCUT2D eigenvalue weighted by molar-refractivity contribution is 0.592. The smallest absolute Gasteiger partial charge is 0.240 e. The van der Waals surface area contributed by atoms with Gasteiger partial charge in [-0.25, -0.2) is 18.5 Å². The second-order valence-electron chi connectivity index (χ2n) is 3.10. The Hall–Kier alpha value is -0.940. The van der Waals surface area contributed by atoms with E-state index in [4.69, 9.17) is 5.14 Å². The molecule has 5 heteroatoms. The van der Waals surface area contributed by atoms with Crippen molar-refractivity contribution in [3.8, 4) is 0 Å². The van der Waals surface area contributed by atoms with Crippen LogP contribution in [0.15, 0.2) is 23.2 Å². The summed E-state index contributed by atoms with van der Waals surface area (Å²) in [6.45, 7) is 3.88. The molecule has 0 spiro atoms. The van der Waals surface area contributed by atoms with E-state index in [2.05, 4.69) is 4.98 Å². The van der Waals surface area contributed by atoms with Gasteiger partial charge in [0.25, 0.3) is 10.0 Å². The first-order valence-electron chi connectivity index (χ1n) is 3.91. The number of nitrogens with zero attached hydrogens (tertiary/aromatic N) is 1. The van der Waals surface area contributed by atoms with Crippen molar-refractivity contribution >= 4 is 10.0 Å². The zero-order chi connectivity index (χ0) is 10.1. The summed E-state index contributed by atoms with van der Waals surface area (Å²) >= 11 is 0. The van der Waals surface area contributed by atoms with Crippen LogP contribution in [-0.4, -0.2) is 13.4 Å². The summed E-state index contributed by atoms with van der Waals surface area (Å²) in [5.41, 5.74) is 0.728. The predicted molar refractivity (Wildman–Crippen MR) is 49.7 cm³/mol. The molecule has 1 aromatic rings. The van der Waals surface area contributed by atoms with Crippen LogP contribution in [-0.2, 0) is 10.0 Å². The molecule has 1 heterocycles. The van der Waals surface area contributed by atoms with Crippen molar-refractivity contribution in [1.29, 1.82) is 0 Å². The highest BCUT2D eigenvalue weighted by molar-refractivity contribution is 7.89. The molecule has 4 nitrogen and oxygen atoms in total. The molecule has 0 aliphatic heterocycles. The van der Waals surface area contributed by atoms with Gasteiger partial charge in [-0.05, 0) is 18.1 Å². The van der Waals surface area contributed by atoms with Gasteiger partial charge >= 0.3 is 0 Å². The van der Waals surface area contributed by atoms with Crippen molar-refractivity contribution in [2.75, 3.05) is 0 Å². The number of nitrogens with two attached hydrogens (primary N) is 1. The summed E-state index contributed by atoms with van der Waals surface area (Å²) in [6.07, 6.45) is 0. The van der Waals surface area contributed by atoms with Crippen LogP contribution in [0.3, 0.4) is 0 Å². The number of aromatic nitrogens is 1. The van der Waals surface area contributed by atoms with E-state index in [-0.39, 0.29) is 10.9 Å². The maximum atomic E-state index is 10.9. The van der Waals surface area contributed by atoms with E-state index in [1.807, 2.05) is 13.8 Å². The molecule has 1 rings (SSSR count). The molecule has 13 heavy (non-hydrogen) atoms. The minimum Gasteiger partial charge on any atom is -0.240 e. The summed E-state index contributed by atoms with van der Waals surface area (Å²) in [4.78, 5) is 3.93. The molecule has 0 unspecified atom stereocenters. The van der Waals surface area contributed by atoms with Crippen LogP contribution in [0.2, 0.25) is 0 Å². The quantitative estimate of drug-likeness (QED) is 0.769. The zero-order valence-electron chi connectivity index (χ0n) is 7.56. The van der Waals surface area contributed by atoms with E-state index in [0.717, 1.165) is 5.69 Å². The van der Waals surface area contributed by atoms with Gasteiger partial charge in [0.2, 0.25) is 0 Å². The topological polar surface area (TPSA) is 73.1 Å². The van der Waals surface area contributed by atoms with Gasteiger partial charge in [-0.3, -0.25) is 0 Å². The second kappa shape index (κ2) is 3.43. The lowest BCUT2D eigenvalue weighted by Crippen LogP contribution is -2.14. The van der Waals surface area contributed by atoms with Crippen LogP contribution in [0.4, 0.5) is 0 Å². The fraction of sp³-hybridized carbons (Fsp3) is 0.375. The lowest BCUT2D eigenvalue weighted by atomic mass is 10.1. The molecule has 0 saturated heterocycles. The third-order valence-corrected chi connectivity index (χ3v) is 2.44. The predicted octanol–water partition coefficient (Wildman–Crippen LogP) is 0.852. The normalized spacial score (nSPS) is 12.0.